The van der Waals surface area contributed by atoms with Crippen LogP contribution in [0.2, 0.25) is 18.1 Å². The molecule has 1 nitrogen and oxygen atoms in total. The van der Waals surface area contributed by atoms with Crippen LogP contribution in [0.3, 0.4) is 0 Å². The number of allylic oxidation sites excluding steroid dienone is 2. The van der Waals surface area contributed by atoms with Gasteiger partial charge < -0.3 is 4.74 Å². The number of methoxy groups -OCH3 is 1. The van der Waals surface area contributed by atoms with Gasteiger partial charge in [-0.15, -0.1) is 5.54 Å². The molecular weight excluding hydrogens is 351 g/mol. The topological polar surface area (TPSA) is 9.23 Å². The van der Waals surface area contributed by atoms with Crippen LogP contribution in [0.25, 0.3) is 0 Å². The zero-order valence-electron chi connectivity index (χ0n) is 11.9. The summed E-state index contributed by atoms with van der Waals surface area (Å²) in [5.41, 5.74) is 6.26. The highest BCUT2D eigenvalue weighted by atomic mass is 127. The molecular formula is C15H23IOSi. The van der Waals surface area contributed by atoms with E-state index in [0.717, 1.165) is 6.42 Å². The SMILES string of the molecule is CC[Si](C#CC1=C(COC)C(I)=CC1)(CC)CC. The van der Waals surface area contributed by atoms with E-state index in [1.165, 1.54) is 32.9 Å². The number of hydrogen-bond acceptors (Lipinski definition) is 1. The van der Waals surface area contributed by atoms with Crippen LogP contribution in [0.15, 0.2) is 20.8 Å². The highest BCUT2D eigenvalue weighted by Gasteiger charge is 2.24. The fraction of sp³-hybridized carbons (Fsp3) is 0.600. The monoisotopic (exact) mass is 374 g/mol. The summed E-state index contributed by atoms with van der Waals surface area (Å²) in [5.74, 6) is 3.50. The lowest BCUT2D eigenvalue weighted by Gasteiger charge is -2.20. The molecule has 0 amide bonds. The first kappa shape index (κ1) is 16.0. The predicted molar refractivity (Wildman–Crippen MR) is 90.6 cm³/mol. The zero-order valence-corrected chi connectivity index (χ0v) is 15.1. The van der Waals surface area contributed by atoms with E-state index < -0.39 is 8.07 Å². The van der Waals surface area contributed by atoms with Gasteiger partial charge in [0.2, 0.25) is 0 Å². The molecule has 0 atom stereocenters. The second-order valence-corrected chi connectivity index (χ2v) is 10.8. The average molecular weight is 374 g/mol. The third kappa shape index (κ3) is 3.72. The van der Waals surface area contributed by atoms with E-state index in [4.69, 9.17) is 4.74 Å². The van der Waals surface area contributed by atoms with E-state index in [9.17, 15) is 0 Å². The molecule has 0 aliphatic heterocycles. The Kier molecular flexibility index (Phi) is 6.68. The minimum absolute atomic E-state index is 0.692. The summed E-state index contributed by atoms with van der Waals surface area (Å²) in [4.78, 5) is 0. The van der Waals surface area contributed by atoms with Crippen molar-refractivity contribution in [2.45, 2.75) is 45.3 Å². The molecule has 0 bridgehead atoms. The molecule has 0 unspecified atom stereocenters. The molecule has 0 heterocycles. The van der Waals surface area contributed by atoms with Gasteiger partial charge in [-0.25, -0.2) is 0 Å². The molecule has 100 valence electrons. The third-order valence-corrected chi connectivity index (χ3v) is 9.74. The van der Waals surface area contributed by atoms with Gasteiger partial charge in [-0.2, -0.15) is 0 Å². The van der Waals surface area contributed by atoms with Crippen LogP contribution in [-0.2, 0) is 4.74 Å². The van der Waals surface area contributed by atoms with Gasteiger partial charge in [-0.05, 0) is 40.7 Å². The first-order valence-corrected chi connectivity index (χ1v) is 10.4. The molecule has 0 N–H and O–H groups in total. The number of hydrogen-bond donors (Lipinski definition) is 0. The van der Waals surface area contributed by atoms with E-state index in [-0.39, 0.29) is 0 Å². The van der Waals surface area contributed by atoms with E-state index in [1.807, 2.05) is 0 Å². The van der Waals surface area contributed by atoms with Crippen molar-refractivity contribution in [1.29, 1.82) is 0 Å². The molecule has 1 rings (SSSR count). The van der Waals surface area contributed by atoms with E-state index in [0.29, 0.717) is 6.61 Å². The highest BCUT2D eigenvalue weighted by Crippen LogP contribution is 2.31. The van der Waals surface area contributed by atoms with Crippen LogP contribution in [0.4, 0.5) is 0 Å². The molecule has 0 spiro atoms. The first-order chi connectivity index (χ1) is 8.62. The molecule has 0 aromatic carbocycles. The number of ether oxygens (including phenoxy) is 1. The maximum atomic E-state index is 5.28. The lowest BCUT2D eigenvalue weighted by atomic mass is 10.2. The summed E-state index contributed by atoms with van der Waals surface area (Å²) in [6.45, 7) is 7.59. The Balaban J connectivity index is 2.97. The smallest absolute Gasteiger partial charge is 0.138 e. The minimum Gasteiger partial charge on any atom is -0.380 e. The van der Waals surface area contributed by atoms with Gasteiger partial charge in [0.05, 0.1) is 6.61 Å². The van der Waals surface area contributed by atoms with Crippen molar-refractivity contribution in [3.63, 3.8) is 0 Å². The normalized spacial score (nSPS) is 15.5. The van der Waals surface area contributed by atoms with Crippen LogP contribution in [0, 0.1) is 11.5 Å². The van der Waals surface area contributed by atoms with Gasteiger partial charge in [0.25, 0.3) is 0 Å². The molecule has 0 saturated heterocycles. The molecule has 1 aliphatic carbocycles. The number of halogens is 1. The van der Waals surface area contributed by atoms with Crippen LogP contribution >= 0.6 is 22.6 Å². The largest absolute Gasteiger partial charge is 0.380 e. The summed E-state index contributed by atoms with van der Waals surface area (Å²) in [5, 5.41) is 0. The summed E-state index contributed by atoms with van der Waals surface area (Å²) < 4.78 is 6.59. The first-order valence-electron chi connectivity index (χ1n) is 6.72. The minimum atomic E-state index is -1.32. The van der Waals surface area contributed by atoms with Gasteiger partial charge in [-0.1, -0.05) is 32.8 Å². The van der Waals surface area contributed by atoms with Crippen molar-refractivity contribution in [3.05, 3.63) is 20.8 Å². The van der Waals surface area contributed by atoms with Crippen molar-refractivity contribution in [2.24, 2.45) is 0 Å². The fourth-order valence-corrected chi connectivity index (χ4v) is 5.38. The number of rotatable bonds is 5. The Morgan fingerprint density at radius 2 is 1.89 bits per heavy atom. The molecule has 3 heteroatoms. The quantitative estimate of drug-likeness (QED) is 0.385. The van der Waals surface area contributed by atoms with Crippen molar-refractivity contribution in [2.75, 3.05) is 13.7 Å². The van der Waals surface area contributed by atoms with Gasteiger partial charge in [0, 0.05) is 28.3 Å². The summed E-state index contributed by atoms with van der Waals surface area (Å²) in [7, 11) is 0.432. The molecule has 0 radical (unpaired) electrons. The molecule has 0 aromatic heterocycles. The Morgan fingerprint density at radius 3 is 2.39 bits per heavy atom. The second-order valence-electron chi connectivity index (χ2n) is 4.74. The Hall–Kier alpha value is -0.0531. The van der Waals surface area contributed by atoms with Gasteiger partial charge in [0.1, 0.15) is 8.07 Å². The van der Waals surface area contributed by atoms with E-state index >= 15 is 0 Å². The third-order valence-electron chi connectivity index (χ3n) is 3.94. The molecule has 0 saturated carbocycles. The zero-order chi connectivity index (χ0) is 13.6. The van der Waals surface area contributed by atoms with Crippen LogP contribution in [0.5, 0.6) is 0 Å². The van der Waals surface area contributed by atoms with Crippen molar-refractivity contribution >= 4 is 30.7 Å². The van der Waals surface area contributed by atoms with E-state index in [1.54, 1.807) is 7.11 Å². The van der Waals surface area contributed by atoms with Crippen LogP contribution < -0.4 is 0 Å². The van der Waals surface area contributed by atoms with Gasteiger partial charge >= 0.3 is 0 Å². The Bertz CT molecular complexity index is 400. The van der Waals surface area contributed by atoms with Crippen LogP contribution in [-0.4, -0.2) is 21.8 Å². The molecule has 0 fully saturated rings. The summed E-state index contributed by atoms with van der Waals surface area (Å²) in [6, 6.07) is 3.80. The van der Waals surface area contributed by atoms with Gasteiger partial charge in [-0.3, -0.25) is 0 Å². The van der Waals surface area contributed by atoms with Gasteiger partial charge in [0.15, 0.2) is 0 Å². The van der Waals surface area contributed by atoms with Crippen molar-refractivity contribution < 1.29 is 4.74 Å². The fourth-order valence-electron chi connectivity index (χ4n) is 2.23. The maximum absolute atomic E-state index is 5.28. The lowest BCUT2D eigenvalue weighted by molar-refractivity contribution is 0.228. The summed E-state index contributed by atoms with van der Waals surface area (Å²) >= 11 is 2.39. The summed E-state index contributed by atoms with van der Waals surface area (Å²) in [6.07, 6.45) is 3.25. The highest BCUT2D eigenvalue weighted by molar-refractivity contribution is 14.1. The van der Waals surface area contributed by atoms with Crippen LogP contribution in [0.1, 0.15) is 27.2 Å². The second kappa shape index (κ2) is 7.52. The Morgan fingerprint density at radius 1 is 1.28 bits per heavy atom. The lowest BCUT2D eigenvalue weighted by Crippen LogP contribution is -2.29. The standard InChI is InChI=1S/C15H23IOSi/c1-5-18(6-2,7-3)11-10-13-8-9-15(16)14(13)12-17-4/h9H,5-8,12H2,1-4H3. The molecule has 0 aromatic rings. The average Bonchev–Trinajstić information content (AvgIpc) is 2.74. The van der Waals surface area contributed by atoms with E-state index in [2.05, 4.69) is 60.9 Å². The van der Waals surface area contributed by atoms with Crippen molar-refractivity contribution in [3.8, 4) is 11.5 Å². The van der Waals surface area contributed by atoms with Crippen molar-refractivity contribution in [1.82, 2.24) is 0 Å². The molecule has 1 aliphatic rings. The Labute approximate surface area is 126 Å². The maximum Gasteiger partial charge on any atom is 0.138 e. The molecule has 18 heavy (non-hydrogen) atoms. The predicted octanol–water partition coefficient (Wildman–Crippen LogP) is 4.70.